The van der Waals surface area contributed by atoms with Gasteiger partial charge in [0.15, 0.2) is 5.76 Å². The number of fused-ring (bicyclic) bond motifs is 2. The van der Waals surface area contributed by atoms with Crippen LogP contribution in [0.4, 0.5) is 0 Å². The summed E-state index contributed by atoms with van der Waals surface area (Å²) in [7, 11) is 2.00. The summed E-state index contributed by atoms with van der Waals surface area (Å²) in [6, 6.07) is 19.7. The number of benzene rings is 3. The maximum atomic E-state index is 13.0. The van der Waals surface area contributed by atoms with Gasteiger partial charge < -0.3 is 14.0 Å². The largest absolute Gasteiger partial charge is 0.488 e. The highest BCUT2D eigenvalue weighted by Crippen LogP contribution is 2.40. The molecule has 1 aromatic heterocycles. The summed E-state index contributed by atoms with van der Waals surface area (Å²) in [5.41, 5.74) is 4.52. The van der Waals surface area contributed by atoms with Crippen LogP contribution < -0.4 is 9.47 Å². The summed E-state index contributed by atoms with van der Waals surface area (Å²) in [6.45, 7) is 2.36. The van der Waals surface area contributed by atoms with Crippen molar-refractivity contribution < 1.29 is 14.3 Å². The van der Waals surface area contributed by atoms with Crippen molar-refractivity contribution in [3.05, 3.63) is 99.3 Å². The quantitative estimate of drug-likeness (QED) is 0.320. The molecule has 0 bridgehead atoms. The highest BCUT2D eigenvalue weighted by molar-refractivity contribution is 9.10. The van der Waals surface area contributed by atoms with Crippen molar-refractivity contribution in [2.75, 3.05) is 0 Å². The molecule has 3 aromatic carbocycles. The van der Waals surface area contributed by atoms with Crippen LogP contribution in [0.1, 0.15) is 27.0 Å². The van der Waals surface area contributed by atoms with Crippen LogP contribution in [0.3, 0.4) is 0 Å². The van der Waals surface area contributed by atoms with E-state index in [4.69, 9.17) is 9.47 Å². The predicted molar refractivity (Wildman–Crippen MR) is 126 cm³/mol. The highest BCUT2D eigenvalue weighted by atomic mass is 79.9. The Morgan fingerprint density at radius 1 is 1.06 bits per heavy atom. The third-order valence-electron chi connectivity index (χ3n) is 5.56. The van der Waals surface area contributed by atoms with E-state index in [-0.39, 0.29) is 5.78 Å². The number of rotatable bonds is 4. The number of allylic oxidation sites excluding steroid dienone is 1. The summed E-state index contributed by atoms with van der Waals surface area (Å²) in [5, 5.41) is 1.08. The SMILES string of the molecule is Cc1c(OCc2ccc(Br)cc2)ccc2c1O/C(=C/c1cn(C)c3ccccc13)C2=O. The number of carbonyl (C=O) groups excluding carboxylic acids is 1. The number of nitrogens with zero attached hydrogens (tertiary/aromatic N) is 1. The summed E-state index contributed by atoms with van der Waals surface area (Å²) >= 11 is 3.44. The van der Waals surface area contributed by atoms with Crippen molar-refractivity contribution >= 4 is 38.7 Å². The Labute approximate surface area is 188 Å². The molecule has 4 nitrogen and oxygen atoms in total. The van der Waals surface area contributed by atoms with Crippen molar-refractivity contribution in [2.24, 2.45) is 7.05 Å². The Balaban J connectivity index is 1.43. The average molecular weight is 474 g/mol. The Bertz CT molecular complexity index is 1350. The molecule has 0 fully saturated rings. The topological polar surface area (TPSA) is 40.5 Å². The van der Waals surface area contributed by atoms with E-state index in [0.29, 0.717) is 29.4 Å². The molecule has 0 amide bonds. The molecule has 1 aliphatic rings. The number of hydrogen-bond donors (Lipinski definition) is 0. The molecular weight excluding hydrogens is 454 g/mol. The number of ketones is 1. The third-order valence-corrected chi connectivity index (χ3v) is 6.09. The number of para-hydroxylation sites is 1. The van der Waals surface area contributed by atoms with E-state index in [1.807, 2.05) is 79.3 Å². The van der Waals surface area contributed by atoms with Crippen molar-refractivity contribution in [2.45, 2.75) is 13.5 Å². The molecule has 4 aromatic rings. The van der Waals surface area contributed by atoms with Gasteiger partial charge in [0, 0.05) is 39.7 Å². The number of aryl methyl sites for hydroxylation is 1. The first-order valence-electron chi connectivity index (χ1n) is 10.0. The molecule has 0 saturated carbocycles. The molecule has 154 valence electrons. The molecule has 5 heteroatoms. The number of carbonyl (C=O) groups is 1. The summed E-state index contributed by atoms with van der Waals surface area (Å²) < 4.78 is 15.1. The molecule has 0 radical (unpaired) electrons. The van der Waals surface area contributed by atoms with Crippen molar-refractivity contribution in [3.63, 3.8) is 0 Å². The van der Waals surface area contributed by atoms with Gasteiger partial charge in [0.1, 0.15) is 18.1 Å². The molecule has 0 saturated heterocycles. The maximum absolute atomic E-state index is 13.0. The van der Waals surface area contributed by atoms with Gasteiger partial charge in [-0.1, -0.05) is 46.3 Å². The Kier molecular flexibility index (Phi) is 4.91. The number of aromatic nitrogens is 1. The van der Waals surface area contributed by atoms with E-state index in [1.165, 1.54) is 0 Å². The second-order valence-corrected chi connectivity index (χ2v) is 8.55. The molecule has 0 N–H and O–H groups in total. The minimum atomic E-state index is -0.106. The highest BCUT2D eigenvalue weighted by Gasteiger charge is 2.30. The fraction of sp³-hybridized carbons (Fsp3) is 0.115. The number of hydrogen-bond acceptors (Lipinski definition) is 3. The standard InChI is InChI=1S/C26H20BrNO3/c1-16-23(30-15-17-7-9-19(27)10-8-17)12-11-21-25(29)24(31-26(16)21)13-18-14-28(2)22-6-4-3-5-20(18)22/h3-14H,15H2,1-2H3/b24-13+. The van der Waals surface area contributed by atoms with Gasteiger partial charge in [0.25, 0.3) is 0 Å². The molecule has 0 atom stereocenters. The minimum Gasteiger partial charge on any atom is -0.488 e. The lowest BCUT2D eigenvalue weighted by molar-refractivity contribution is 0.101. The van der Waals surface area contributed by atoms with Gasteiger partial charge in [-0.3, -0.25) is 4.79 Å². The Hall–Kier alpha value is -3.31. The van der Waals surface area contributed by atoms with Gasteiger partial charge in [-0.2, -0.15) is 0 Å². The average Bonchev–Trinajstić information content (AvgIpc) is 3.27. The van der Waals surface area contributed by atoms with E-state index in [1.54, 1.807) is 6.07 Å². The molecule has 31 heavy (non-hydrogen) atoms. The van der Waals surface area contributed by atoms with Crippen LogP contribution >= 0.6 is 15.9 Å². The maximum Gasteiger partial charge on any atom is 0.231 e. The van der Waals surface area contributed by atoms with Crippen LogP contribution in [0.5, 0.6) is 11.5 Å². The van der Waals surface area contributed by atoms with Gasteiger partial charge in [0.05, 0.1) is 5.56 Å². The zero-order valence-corrected chi connectivity index (χ0v) is 18.8. The lowest BCUT2D eigenvalue weighted by Gasteiger charge is -2.11. The summed E-state index contributed by atoms with van der Waals surface area (Å²) in [5.74, 6) is 1.51. The second kappa shape index (κ2) is 7.75. The van der Waals surface area contributed by atoms with E-state index in [2.05, 4.69) is 22.0 Å². The second-order valence-electron chi connectivity index (χ2n) is 7.63. The van der Waals surface area contributed by atoms with Crippen molar-refractivity contribution in [3.8, 4) is 11.5 Å². The lowest BCUT2D eigenvalue weighted by Crippen LogP contribution is -1.98. The smallest absolute Gasteiger partial charge is 0.231 e. The zero-order chi connectivity index (χ0) is 21.5. The number of ether oxygens (including phenoxy) is 2. The van der Waals surface area contributed by atoms with E-state index >= 15 is 0 Å². The van der Waals surface area contributed by atoms with Gasteiger partial charge in [-0.15, -0.1) is 0 Å². The fourth-order valence-corrected chi connectivity index (χ4v) is 4.16. The van der Waals surface area contributed by atoms with Gasteiger partial charge in [-0.05, 0) is 48.9 Å². The Morgan fingerprint density at radius 3 is 2.65 bits per heavy atom. The van der Waals surface area contributed by atoms with Crippen LogP contribution in [0.25, 0.3) is 17.0 Å². The van der Waals surface area contributed by atoms with Crippen LogP contribution in [0, 0.1) is 6.92 Å². The monoisotopic (exact) mass is 473 g/mol. The van der Waals surface area contributed by atoms with Crippen LogP contribution in [-0.2, 0) is 13.7 Å². The first kappa shape index (κ1) is 19.6. The molecule has 0 aliphatic carbocycles. The summed E-state index contributed by atoms with van der Waals surface area (Å²) in [4.78, 5) is 13.0. The molecule has 2 heterocycles. The molecule has 0 unspecified atom stereocenters. The first-order valence-corrected chi connectivity index (χ1v) is 10.8. The van der Waals surface area contributed by atoms with E-state index < -0.39 is 0 Å². The minimum absolute atomic E-state index is 0.106. The van der Waals surface area contributed by atoms with Crippen LogP contribution in [0.15, 0.2) is 77.1 Å². The molecular formula is C26H20BrNO3. The van der Waals surface area contributed by atoms with Crippen molar-refractivity contribution in [1.82, 2.24) is 4.57 Å². The molecule has 5 rings (SSSR count). The Morgan fingerprint density at radius 2 is 1.84 bits per heavy atom. The van der Waals surface area contributed by atoms with Gasteiger partial charge >= 0.3 is 0 Å². The first-order chi connectivity index (χ1) is 15.0. The fourth-order valence-electron chi connectivity index (χ4n) is 3.90. The van der Waals surface area contributed by atoms with Gasteiger partial charge in [-0.25, -0.2) is 0 Å². The normalized spacial score (nSPS) is 14.2. The van der Waals surface area contributed by atoms with Gasteiger partial charge in [0.2, 0.25) is 5.78 Å². The van der Waals surface area contributed by atoms with E-state index in [0.717, 1.165) is 32.1 Å². The lowest BCUT2D eigenvalue weighted by atomic mass is 10.1. The van der Waals surface area contributed by atoms with Crippen molar-refractivity contribution in [1.29, 1.82) is 0 Å². The summed E-state index contributed by atoms with van der Waals surface area (Å²) in [6.07, 6.45) is 3.84. The van der Waals surface area contributed by atoms with Crippen LogP contribution in [0.2, 0.25) is 0 Å². The van der Waals surface area contributed by atoms with E-state index in [9.17, 15) is 4.79 Å². The molecule has 1 aliphatic heterocycles. The zero-order valence-electron chi connectivity index (χ0n) is 17.2. The predicted octanol–water partition coefficient (Wildman–Crippen LogP) is 6.44. The third kappa shape index (κ3) is 3.55. The number of Topliss-reactive ketones (excluding diaryl/α,β-unsaturated/α-hetero) is 1. The van der Waals surface area contributed by atoms with Crippen LogP contribution in [-0.4, -0.2) is 10.4 Å². The number of halogens is 1. The molecule has 0 spiro atoms.